The van der Waals surface area contributed by atoms with Crippen LogP contribution in [-0.2, 0) is 13.6 Å². The van der Waals surface area contributed by atoms with Gasteiger partial charge in [0.15, 0.2) is 5.69 Å². The van der Waals surface area contributed by atoms with Gasteiger partial charge in [-0.05, 0) is 25.0 Å². The fraction of sp³-hybridized carbons (Fsp3) is 0.250. The normalized spacial score (nSPS) is 16.2. The van der Waals surface area contributed by atoms with Crippen molar-refractivity contribution in [3.05, 3.63) is 60.3 Å². The zero-order valence-electron chi connectivity index (χ0n) is 16.0. The summed E-state index contributed by atoms with van der Waals surface area (Å²) >= 11 is 0. The van der Waals surface area contributed by atoms with Gasteiger partial charge in [-0.3, -0.25) is 19.0 Å². The van der Waals surface area contributed by atoms with Gasteiger partial charge in [-0.2, -0.15) is 10.2 Å². The Hall–Kier alpha value is -3.75. The van der Waals surface area contributed by atoms with E-state index in [2.05, 4.69) is 31.9 Å². The summed E-state index contributed by atoms with van der Waals surface area (Å²) in [6.45, 7) is 1.16. The van der Waals surface area contributed by atoms with E-state index in [0.717, 1.165) is 18.4 Å². The van der Waals surface area contributed by atoms with Crippen LogP contribution in [0.1, 0.15) is 33.8 Å². The Morgan fingerprint density at radius 3 is 2.83 bits per heavy atom. The summed E-state index contributed by atoms with van der Waals surface area (Å²) in [5.41, 5.74) is 2.24. The highest BCUT2D eigenvalue weighted by Crippen LogP contribution is 2.18. The van der Waals surface area contributed by atoms with Gasteiger partial charge in [0.05, 0.1) is 24.1 Å². The van der Waals surface area contributed by atoms with Gasteiger partial charge in [0.1, 0.15) is 5.69 Å². The van der Waals surface area contributed by atoms with E-state index in [-0.39, 0.29) is 17.3 Å². The minimum absolute atomic E-state index is 0.176. The first-order valence-electron chi connectivity index (χ1n) is 9.38. The lowest BCUT2D eigenvalue weighted by Gasteiger charge is -2.07. The number of hydrogen-bond acceptors (Lipinski definition) is 5. The second kappa shape index (κ2) is 8.09. The quantitative estimate of drug-likeness (QED) is 0.570. The van der Waals surface area contributed by atoms with Crippen molar-refractivity contribution in [1.29, 1.82) is 0 Å². The molecule has 0 fully saturated rings. The number of aryl methyl sites for hydroxylation is 1. The predicted octanol–water partition coefficient (Wildman–Crippen LogP) is 2.01. The molecule has 148 valence electrons. The monoisotopic (exact) mass is 391 g/mol. The first kappa shape index (κ1) is 18.6. The SMILES string of the molecule is Cn1cc2c(n1)C(=O)NCCC/C=C/Cn1cc(cn1)-c1cccc(n1)C(=O)N2. The van der Waals surface area contributed by atoms with Crippen molar-refractivity contribution >= 4 is 17.5 Å². The van der Waals surface area contributed by atoms with Gasteiger partial charge in [-0.25, -0.2) is 4.98 Å². The minimum Gasteiger partial charge on any atom is -0.351 e. The average Bonchev–Trinajstić information content (AvgIpc) is 3.33. The molecule has 1 aliphatic rings. The molecule has 4 rings (SSSR count). The van der Waals surface area contributed by atoms with Crippen LogP contribution in [-0.4, -0.2) is 42.9 Å². The molecule has 4 bridgehead atoms. The Labute approximate surface area is 167 Å². The minimum atomic E-state index is -0.412. The third-order valence-corrected chi connectivity index (χ3v) is 4.50. The number of rotatable bonds is 0. The zero-order chi connectivity index (χ0) is 20.2. The van der Waals surface area contributed by atoms with Gasteiger partial charge in [-0.1, -0.05) is 18.2 Å². The van der Waals surface area contributed by atoms with Crippen LogP contribution in [0.2, 0.25) is 0 Å². The second-order valence-corrected chi connectivity index (χ2v) is 6.75. The van der Waals surface area contributed by atoms with Crippen LogP contribution in [0.25, 0.3) is 11.3 Å². The van der Waals surface area contributed by atoms with Crippen LogP contribution >= 0.6 is 0 Å². The number of carbonyl (C=O) groups is 2. The van der Waals surface area contributed by atoms with Crippen molar-refractivity contribution in [2.45, 2.75) is 19.4 Å². The molecule has 0 atom stereocenters. The van der Waals surface area contributed by atoms with Crippen LogP contribution in [0.3, 0.4) is 0 Å². The molecular formula is C20H21N7O2. The summed E-state index contributed by atoms with van der Waals surface area (Å²) in [4.78, 5) is 29.7. The molecular weight excluding hydrogens is 370 g/mol. The summed E-state index contributed by atoms with van der Waals surface area (Å²) in [6, 6.07) is 5.22. The number of aromatic nitrogens is 5. The fourth-order valence-electron chi connectivity index (χ4n) is 3.06. The zero-order valence-corrected chi connectivity index (χ0v) is 16.0. The maximum absolute atomic E-state index is 12.7. The molecule has 0 unspecified atom stereocenters. The molecule has 0 saturated carbocycles. The van der Waals surface area contributed by atoms with Crippen LogP contribution in [0.4, 0.5) is 5.69 Å². The van der Waals surface area contributed by atoms with Crippen molar-refractivity contribution in [3.8, 4) is 11.3 Å². The molecule has 0 aromatic carbocycles. The Morgan fingerprint density at radius 2 is 1.93 bits per heavy atom. The summed E-state index contributed by atoms with van der Waals surface area (Å²) in [5.74, 6) is -0.735. The third-order valence-electron chi connectivity index (χ3n) is 4.50. The van der Waals surface area contributed by atoms with E-state index in [9.17, 15) is 9.59 Å². The van der Waals surface area contributed by atoms with Crippen molar-refractivity contribution in [2.24, 2.45) is 7.05 Å². The molecule has 0 aliphatic carbocycles. The molecule has 29 heavy (non-hydrogen) atoms. The largest absolute Gasteiger partial charge is 0.351 e. The first-order valence-corrected chi connectivity index (χ1v) is 9.38. The van der Waals surface area contributed by atoms with Gasteiger partial charge in [0.25, 0.3) is 11.8 Å². The maximum atomic E-state index is 12.7. The molecule has 9 nitrogen and oxygen atoms in total. The molecule has 3 aromatic rings. The topological polar surface area (TPSA) is 107 Å². The first-order chi connectivity index (χ1) is 14.1. The van der Waals surface area contributed by atoms with Crippen molar-refractivity contribution in [3.63, 3.8) is 0 Å². The highest BCUT2D eigenvalue weighted by Gasteiger charge is 2.19. The summed E-state index contributed by atoms with van der Waals surface area (Å²) in [6.07, 6.45) is 11.0. The number of nitrogens with one attached hydrogen (secondary N) is 2. The number of pyridine rings is 1. The Bertz CT molecular complexity index is 1080. The molecule has 0 saturated heterocycles. The van der Waals surface area contributed by atoms with E-state index in [1.807, 2.05) is 23.0 Å². The lowest BCUT2D eigenvalue weighted by Crippen LogP contribution is -2.26. The predicted molar refractivity (Wildman–Crippen MR) is 107 cm³/mol. The fourth-order valence-corrected chi connectivity index (χ4v) is 3.06. The maximum Gasteiger partial charge on any atom is 0.274 e. The van der Waals surface area contributed by atoms with Gasteiger partial charge in [-0.15, -0.1) is 0 Å². The number of anilines is 1. The third kappa shape index (κ3) is 4.23. The Kier molecular flexibility index (Phi) is 5.19. The van der Waals surface area contributed by atoms with Gasteiger partial charge in [0.2, 0.25) is 0 Å². The van der Waals surface area contributed by atoms with Crippen molar-refractivity contribution in [2.75, 3.05) is 11.9 Å². The van der Waals surface area contributed by atoms with Crippen LogP contribution in [0, 0.1) is 0 Å². The molecule has 1 aliphatic heterocycles. The summed E-state index contributed by atoms with van der Waals surface area (Å²) in [5, 5.41) is 14.1. The van der Waals surface area contributed by atoms with Crippen LogP contribution in [0.5, 0.6) is 0 Å². The molecule has 4 heterocycles. The number of hydrogen-bond donors (Lipinski definition) is 2. The number of fused-ring (bicyclic) bond motifs is 6. The smallest absolute Gasteiger partial charge is 0.274 e. The van der Waals surface area contributed by atoms with Gasteiger partial charge in [0, 0.05) is 31.5 Å². The molecule has 3 aromatic heterocycles. The second-order valence-electron chi connectivity index (χ2n) is 6.75. The van der Waals surface area contributed by atoms with Gasteiger partial charge >= 0.3 is 0 Å². The highest BCUT2D eigenvalue weighted by atomic mass is 16.2. The number of amides is 2. The summed E-state index contributed by atoms with van der Waals surface area (Å²) in [7, 11) is 1.70. The van der Waals surface area contributed by atoms with E-state index in [1.54, 1.807) is 31.6 Å². The average molecular weight is 391 g/mol. The molecule has 0 radical (unpaired) electrons. The lowest BCUT2D eigenvalue weighted by molar-refractivity contribution is 0.0948. The number of nitrogens with zero attached hydrogens (tertiary/aromatic N) is 5. The summed E-state index contributed by atoms with van der Waals surface area (Å²) < 4.78 is 3.31. The van der Waals surface area contributed by atoms with E-state index in [1.165, 1.54) is 4.68 Å². The molecule has 2 N–H and O–H groups in total. The number of carbonyl (C=O) groups excluding carboxylic acids is 2. The lowest BCUT2D eigenvalue weighted by atomic mass is 10.2. The van der Waals surface area contributed by atoms with Crippen molar-refractivity contribution in [1.82, 2.24) is 29.9 Å². The van der Waals surface area contributed by atoms with Crippen LogP contribution < -0.4 is 10.6 Å². The Balaban J connectivity index is 1.68. The van der Waals surface area contributed by atoms with E-state index in [0.29, 0.717) is 24.5 Å². The molecule has 2 amide bonds. The highest BCUT2D eigenvalue weighted by molar-refractivity contribution is 6.07. The van der Waals surface area contributed by atoms with E-state index in [4.69, 9.17) is 0 Å². The standard InChI is InChI=1S/C20H21N7O2/c1-26-13-17-18(25-26)20(29)21-9-4-2-3-5-10-27-12-14(11-22-27)15-7-6-8-16(23-15)19(28)24-17/h3,5-8,11-13H,2,4,9-10H2,1H3,(H,21,29)(H,24,28)/b5-3+. The number of allylic oxidation sites excluding steroid dienone is 2. The van der Waals surface area contributed by atoms with E-state index < -0.39 is 5.91 Å². The molecule has 9 heteroatoms. The van der Waals surface area contributed by atoms with E-state index >= 15 is 0 Å². The molecule has 0 spiro atoms. The van der Waals surface area contributed by atoms with Crippen molar-refractivity contribution < 1.29 is 9.59 Å². The van der Waals surface area contributed by atoms with Gasteiger partial charge < -0.3 is 10.6 Å². The Morgan fingerprint density at radius 1 is 1.07 bits per heavy atom. The van der Waals surface area contributed by atoms with Crippen LogP contribution in [0.15, 0.2) is 48.9 Å².